The zero-order valence-corrected chi connectivity index (χ0v) is 15.0. The van der Waals surface area contributed by atoms with Crippen molar-refractivity contribution in [2.24, 2.45) is 0 Å². The van der Waals surface area contributed by atoms with E-state index in [2.05, 4.69) is 61.4 Å². The predicted molar refractivity (Wildman–Crippen MR) is 98.4 cm³/mol. The summed E-state index contributed by atoms with van der Waals surface area (Å²) in [6.45, 7) is 6.76. The molecule has 0 N–H and O–H groups in total. The van der Waals surface area contributed by atoms with E-state index in [1.54, 1.807) is 0 Å². The van der Waals surface area contributed by atoms with Crippen molar-refractivity contribution in [3.05, 3.63) is 70.0 Å². The van der Waals surface area contributed by atoms with Crippen LogP contribution >= 0.6 is 0 Å². The molecule has 0 atom stereocenters. The van der Waals surface area contributed by atoms with E-state index in [-0.39, 0.29) is 0 Å². The number of rotatable bonds is 4. The quantitative estimate of drug-likeness (QED) is 0.716. The number of aryl methyl sites for hydroxylation is 5. The van der Waals surface area contributed by atoms with Crippen LogP contribution in [0.4, 0.5) is 0 Å². The Hall–Kier alpha value is -2.62. The van der Waals surface area contributed by atoms with Gasteiger partial charge in [-0.25, -0.2) is 4.68 Å². The molecule has 0 spiro atoms. The van der Waals surface area contributed by atoms with Gasteiger partial charge in [0.15, 0.2) is 0 Å². The van der Waals surface area contributed by atoms with E-state index in [0.29, 0.717) is 6.61 Å². The molecule has 1 aliphatic carbocycles. The number of nitrogens with zero attached hydrogens (tertiary/aromatic N) is 3. The molecule has 0 saturated carbocycles. The molecule has 4 rings (SSSR count). The zero-order valence-electron chi connectivity index (χ0n) is 15.0. The van der Waals surface area contributed by atoms with Crippen molar-refractivity contribution in [2.45, 2.75) is 46.6 Å². The van der Waals surface area contributed by atoms with Gasteiger partial charge in [-0.2, -0.15) is 0 Å². The molecule has 1 heterocycles. The van der Waals surface area contributed by atoms with Crippen LogP contribution in [-0.4, -0.2) is 15.0 Å². The Balaban J connectivity index is 1.50. The van der Waals surface area contributed by atoms with Crippen molar-refractivity contribution in [3.63, 3.8) is 0 Å². The first-order valence-electron chi connectivity index (χ1n) is 8.84. The van der Waals surface area contributed by atoms with Gasteiger partial charge < -0.3 is 4.74 Å². The molecule has 128 valence electrons. The normalized spacial score (nSPS) is 13.1. The Morgan fingerprint density at radius 3 is 2.56 bits per heavy atom. The van der Waals surface area contributed by atoms with Crippen LogP contribution < -0.4 is 4.74 Å². The number of hydrogen-bond donors (Lipinski definition) is 0. The van der Waals surface area contributed by atoms with Crippen LogP contribution in [0.15, 0.2) is 36.5 Å². The average molecular weight is 333 g/mol. The second kappa shape index (κ2) is 6.36. The van der Waals surface area contributed by atoms with Crippen LogP contribution in [0.2, 0.25) is 0 Å². The van der Waals surface area contributed by atoms with Gasteiger partial charge in [0, 0.05) is 0 Å². The largest absolute Gasteiger partial charge is 0.487 e. The maximum absolute atomic E-state index is 5.93. The van der Waals surface area contributed by atoms with Crippen LogP contribution in [0.1, 0.15) is 39.9 Å². The molecule has 0 amide bonds. The molecule has 0 bridgehead atoms. The number of hydrogen-bond acceptors (Lipinski definition) is 3. The summed E-state index contributed by atoms with van der Waals surface area (Å²) in [5.74, 6) is 0.915. The van der Waals surface area contributed by atoms with Gasteiger partial charge in [-0.05, 0) is 74.4 Å². The van der Waals surface area contributed by atoms with Crippen molar-refractivity contribution in [2.75, 3.05) is 0 Å². The van der Waals surface area contributed by atoms with Crippen molar-refractivity contribution in [1.82, 2.24) is 15.0 Å². The smallest absolute Gasteiger partial charge is 0.134 e. The molecular formula is C21H23N3O. The molecule has 0 aliphatic heterocycles. The first kappa shape index (κ1) is 15.9. The highest BCUT2D eigenvalue weighted by Crippen LogP contribution is 2.26. The number of aromatic nitrogens is 3. The Kier molecular flexibility index (Phi) is 4.04. The molecule has 0 saturated heterocycles. The summed E-state index contributed by atoms with van der Waals surface area (Å²) in [6, 6.07) is 10.8. The fourth-order valence-corrected chi connectivity index (χ4v) is 3.80. The molecule has 3 aromatic rings. The second-order valence-electron chi connectivity index (χ2n) is 6.97. The van der Waals surface area contributed by atoms with E-state index >= 15 is 0 Å². The minimum Gasteiger partial charge on any atom is -0.487 e. The minimum absolute atomic E-state index is 0.433. The van der Waals surface area contributed by atoms with Gasteiger partial charge in [0.1, 0.15) is 18.1 Å². The monoisotopic (exact) mass is 333 g/mol. The van der Waals surface area contributed by atoms with Crippen LogP contribution in [0.3, 0.4) is 0 Å². The van der Waals surface area contributed by atoms with Gasteiger partial charge in [-0.3, -0.25) is 0 Å². The topological polar surface area (TPSA) is 39.9 Å². The highest BCUT2D eigenvalue weighted by Gasteiger charge is 2.12. The molecule has 0 fully saturated rings. The number of ether oxygens (including phenoxy) is 1. The van der Waals surface area contributed by atoms with Crippen LogP contribution in [0, 0.1) is 20.8 Å². The Bertz CT molecular complexity index is 904. The molecule has 1 aliphatic rings. The van der Waals surface area contributed by atoms with E-state index in [4.69, 9.17) is 4.74 Å². The maximum atomic E-state index is 5.93. The molecule has 0 radical (unpaired) electrons. The molecule has 4 nitrogen and oxygen atoms in total. The summed E-state index contributed by atoms with van der Waals surface area (Å²) in [7, 11) is 0. The van der Waals surface area contributed by atoms with Crippen molar-refractivity contribution < 1.29 is 4.74 Å². The summed E-state index contributed by atoms with van der Waals surface area (Å²) < 4.78 is 7.78. The zero-order chi connectivity index (χ0) is 17.4. The average Bonchev–Trinajstić information content (AvgIpc) is 3.20. The summed E-state index contributed by atoms with van der Waals surface area (Å²) in [5, 5.41) is 8.57. The predicted octanol–water partition coefficient (Wildman–Crippen LogP) is 4.26. The highest BCUT2D eigenvalue weighted by atomic mass is 16.5. The standard InChI is InChI=1S/C21H23N3O/c1-14-9-15(2)21(16(3)10-14)24-12-19(22-23-24)13-25-20-8-7-17-5-4-6-18(17)11-20/h7-12H,4-6,13H2,1-3H3. The lowest BCUT2D eigenvalue weighted by atomic mass is 10.1. The summed E-state index contributed by atoms with van der Waals surface area (Å²) in [5.41, 5.74) is 8.48. The van der Waals surface area contributed by atoms with Gasteiger partial charge in [0.2, 0.25) is 0 Å². The number of fused-ring (bicyclic) bond motifs is 1. The molecule has 1 aromatic heterocycles. The summed E-state index contributed by atoms with van der Waals surface area (Å²) >= 11 is 0. The van der Waals surface area contributed by atoms with E-state index in [1.807, 2.05) is 10.9 Å². The third-order valence-electron chi connectivity index (χ3n) is 4.86. The molecule has 0 unspecified atom stereocenters. The fourth-order valence-electron chi connectivity index (χ4n) is 3.80. The number of benzene rings is 2. The summed E-state index contributed by atoms with van der Waals surface area (Å²) in [6.07, 6.45) is 5.56. The Morgan fingerprint density at radius 1 is 1.00 bits per heavy atom. The van der Waals surface area contributed by atoms with E-state index in [1.165, 1.54) is 40.7 Å². The SMILES string of the molecule is Cc1cc(C)c(-n2cc(COc3ccc4c(c3)CCC4)nn2)c(C)c1. The van der Waals surface area contributed by atoms with Gasteiger partial charge in [-0.1, -0.05) is 29.0 Å². The van der Waals surface area contributed by atoms with E-state index in [9.17, 15) is 0 Å². The fraction of sp³-hybridized carbons (Fsp3) is 0.333. The van der Waals surface area contributed by atoms with Gasteiger partial charge >= 0.3 is 0 Å². The maximum Gasteiger partial charge on any atom is 0.134 e. The molecule has 2 aromatic carbocycles. The third-order valence-corrected chi connectivity index (χ3v) is 4.86. The van der Waals surface area contributed by atoms with Gasteiger partial charge in [-0.15, -0.1) is 5.10 Å². The Labute approximate surface area is 148 Å². The van der Waals surface area contributed by atoms with Crippen molar-refractivity contribution in [1.29, 1.82) is 0 Å². The van der Waals surface area contributed by atoms with Gasteiger partial charge in [0.25, 0.3) is 0 Å². The lowest BCUT2D eigenvalue weighted by molar-refractivity contribution is 0.301. The van der Waals surface area contributed by atoms with E-state index in [0.717, 1.165) is 23.6 Å². The lowest BCUT2D eigenvalue weighted by Crippen LogP contribution is -2.01. The minimum atomic E-state index is 0.433. The lowest BCUT2D eigenvalue weighted by Gasteiger charge is -2.10. The third kappa shape index (κ3) is 3.16. The van der Waals surface area contributed by atoms with Crippen LogP contribution in [0.25, 0.3) is 5.69 Å². The van der Waals surface area contributed by atoms with Crippen molar-refractivity contribution >= 4 is 0 Å². The molecule has 4 heteroatoms. The van der Waals surface area contributed by atoms with Crippen molar-refractivity contribution in [3.8, 4) is 11.4 Å². The molecular weight excluding hydrogens is 310 g/mol. The van der Waals surface area contributed by atoms with E-state index < -0.39 is 0 Å². The molecule has 25 heavy (non-hydrogen) atoms. The van der Waals surface area contributed by atoms with Crippen LogP contribution in [-0.2, 0) is 19.4 Å². The summed E-state index contributed by atoms with van der Waals surface area (Å²) in [4.78, 5) is 0. The first-order chi connectivity index (χ1) is 12.1. The Morgan fingerprint density at radius 2 is 1.76 bits per heavy atom. The van der Waals surface area contributed by atoms with Crippen LogP contribution in [0.5, 0.6) is 5.75 Å². The van der Waals surface area contributed by atoms with Gasteiger partial charge in [0.05, 0.1) is 11.9 Å². The highest BCUT2D eigenvalue weighted by molar-refractivity contribution is 5.48. The second-order valence-corrected chi connectivity index (χ2v) is 6.97. The first-order valence-corrected chi connectivity index (χ1v) is 8.84.